The van der Waals surface area contributed by atoms with Gasteiger partial charge in [-0.25, -0.2) is 4.68 Å². The molecule has 0 unspecified atom stereocenters. The number of aromatic hydroxyl groups is 1. The van der Waals surface area contributed by atoms with Crippen LogP contribution in [0.5, 0.6) is 5.75 Å². The normalized spacial score (nSPS) is 11.7. The van der Waals surface area contributed by atoms with Crippen molar-refractivity contribution < 1.29 is 18.3 Å². The van der Waals surface area contributed by atoms with Crippen molar-refractivity contribution in [1.29, 1.82) is 0 Å². The molecule has 1 heterocycles. The lowest BCUT2D eigenvalue weighted by Gasteiger charge is -2.08. The third kappa shape index (κ3) is 3.26. The smallest absolute Gasteiger partial charge is 0.435 e. The Bertz CT molecular complexity index is 840. The van der Waals surface area contributed by atoms with Gasteiger partial charge < -0.3 is 5.11 Å². The van der Waals surface area contributed by atoms with E-state index in [1.54, 1.807) is 36.0 Å². The van der Waals surface area contributed by atoms with Crippen LogP contribution in [0.2, 0.25) is 0 Å². The van der Waals surface area contributed by atoms with Crippen molar-refractivity contribution in [3.63, 3.8) is 0 Å². The molecule has 124 valence electrons. The highest BCUT2D eigenvalue weighted by molar-refractivity contribution is 7.98. The van der Waals surface area contributed by atoms with Crippen LogP contribution in [0.3, 0.4) is 0 Å². The molecule has 0 fully saturated rings. The van der Waals surface area contributed by atoms with Crippen molar-refractivity contribution >= 4 is 11.8 Å². The van der Waals surface area contributed by atoms with Crippen LogP contribution >= 0.6 is 11.8 Å². The van der Waals surface area contributed by atoms with E-state index in [2.05, 4.69) is 5.10 Å². The Kier molecular flexibility index (Phi) is 4.28. The predicted molar refractivity (Wildman–Crippen MR) is 87.4 cm³/mol. The van der Waals surface area contributed by atoms with Crippen LogP contribution in [-0.2, 0) is 6.18 Å². The zero-order chi connectivity index (χ0) is 17.3. The molecule has 2 aromatic carbocycles. The second-order valence-electron chi connectivity index (χ2n) is 5.07. The summed E-state index contributed by atoms with van der Waals surface area (Å²) >= 11 is 1.55. The summed E-state index contributed by atoms with van der Waals surface area (Å²) in [5, 5.41) is 13.1. The summed E-state index contributed by atoms with van der Waals surface area (Å²) in [7, 11) is 0. The van der Waals surface area contributed by atoms with Crippen molar-refractivity contribution in [1.82, 2.24) is 9.78 Å². The summed E-state index contributed by atoms with van der Waals surface area (Å²) in [4.78, 5) is 1.01. The first kappa shape index (κ1) is 16.4. The maximum Gasteiger partial charge on any atom is 0.435 e. The topological polar surface area (TPSA) is 38.0 Å². The van der Waals surface area contributed by atoms with Crippen LogP contribution in [0.15, 0.2) is 59.5 Å². The van der Waals surface area contributed by atoms with Crippen LogP contribution in [0.1, 0.15) is 5.69 Å². The second kappa shape index (κ2) is 6.24. The van der Waals surface area contributed by atoms with E-state index >= 15 is 0 Å². The Morgan fingerprint density at radius 3 is 2.17 bits per heavy atom. The number of hydrogen-bond acceptors (Lipinski definition) is 3. The quantitative estimate of drug-likeness (QED) is 0.677. The predicted octanol–water partition coefficient (Wildman–Crippen LogP) is 4.99. The Balaban J connectivity index is 2.15. The lowest BCUT2D eigenvalue weighted by atomic mass is 10.1. The van der Waals surface area contributed by atoms with E-state index in [0.29, 0.717) is 16.9 Å². The van der Waals surface area contributed by atoms with Crippen molar-refractivity contribution in [2.45, 2.75) is 11.1 Å². The SMILES string of the molecule is CSc1ccc(-n2nc(C(F)(F)F)cc2-c2ccc(O)cc2)cc1. The second-order valence-corrected chi connectivity index (χ2v) is 5.95. The van der Waals surface area contributed by atoms with E-state index < -0.39 is 11.9 Å². The van der Waals surface area contributed by atoms with Gasteiger partial charge in [-0.05, 0) is 60.9 Å². The molecule has 0 saturated heterocycles. The van der Waals surface area contributed by atoms with Crippen molar-refractivity contribution in [3.05, 3.63) is 60.3 Å². The number of phenols is 1. The summed E-state index contributed by atoms with van der Waals surface area (Å²) < 4.78 is 40.5. The van der Waals surface area contributed by atoms with E-state index in [1.165, 1.54) is 16.8 Å². The summed E-state index contributed by atoms with van der Waals surface area (Å²) in [6, 6.07) is 14.1. The van der Waals surface area contributed by atoms with Gasteiger partial charge in [0.2, 0.25) is 0 Å². The number of alkyl halides is 3. The summed E-state index contributed by atoms with van der Waals surface area (Å²) in [5.41, 5.74) is 0.412. The van der Waals surface area contributed by atoms with E-state index in [4.69, 9.17) is 0 Å². The molecule has 0 aliphatic rings. The Labute approximate surface area is 140 Å². The fourth-order valence-corrected chi connectivity index (χ4v) is 2.69. The highest BCUT2D eigenvalue weighted by Crippen LogP contribution is 2.33. The van der Waals surface area contributed by atoms with E-state index in [-0.39, 0.29) is 5.75 Å². The van der Waals surface area contributed by atoms with E-state index in [0.717, 1.165) is 11.0 Å². The summed E-state index contributed by atoms with van der Waals surface area (Å²) in [6.45, 7) is 0. The van der Waals surface area contributed by atoms with Crippen LogP contribution in [0.4, 0.5) is 13.2 Å². The molecule has 3 rings (SSSR count). The molecule has 0 spiro atoms. The fraction of sp³-hybridized carbons (Fsp3) is 0.118. The van der Waals surface area contributed by atoms with Gasteiger partial charge >= 0.3 is 6.18 Å². The standard InChI is InChI=1S/C17H13F3N2OS/c1-24-14-8-4-12(5-9-14)22-15(10-16(21-22)17(18,19)20)11-2-6-13(23)7-3-11/h2-10,23H,1H3. The summed E-state index contributed by atoms with van der Waals surface area (Å²) in [6.07, 6.45) is -2.61. The molecule has 3 aromatic rings. The zero-order valence-corrected chi connectivity index (χ0v) is 13.4. The average molecular weight is 350 g/mol. The van der Waals surface area contributed by atoms with Gasteiger partial charge in [0, 0.05) is 10.5 Å². The minimum absolute atomic E-state index is 0.0465. The van der Waals surface area contributed by atoms with Crippen LogP contribution in [-0.4, -0.2) is 21.1 Å². The molecule has 0 aliphatic heterocycles. The van der Waals surface area contributed by atoms with Crippen LogP contribution in [0, 0.1) is 0 Å². The van der Waals surface area contributed by atoms with E-state index in [1.807, 2.05) is 18.4 Å². The monoisotopic (exact) mass is 350 g/mol. The minimum atomic E-state index is -4.53. The van der Waals surface area contributed by atoms with Gasteiger partial charge in [0.15, 0.2) is 5.69 Å². The number of halogens is 3. The Morgan fingerprint density at radius 1 is 1.00 bits per heavy atom. The first-order valence-electron chi connectivity index (χ1n) is 6.99. The third-order valence-corrected chi connectivity index (χ3v) is 4.22. The zero-order valence-electron chi connectivity index (χ0n) is 12.6. The number of rotatable bonds is 3. The van der Waals surface area contributed by atoms with Gasteiger partial charge in [-0.15, -0.1) is 11.8 Å². The van der Waals surface area contributed by atoms with Crippen LogP contribution in [0.25, 0.3) is 16.9 Å². The van der Waals surface area contributed by atoms with Gasteiger partial charge in [-0.3, -0.25) is 0 Å². The molecular formula is C17H13F3N2OS. The summed E-state index contributed by atoms with van der Waals surface area (Å²) in [5.74, 6) is 0.0465. The number of nitrogens with zero attached hydrogens (tertiary/aromatic N) is 2. The molecule has 0 amide bonds. The molecule has 0 atom stereocenters. The maximum absolute atomic E-state index is 13.1. The minimum Gasteiger partial charge on any atom is -0.508 e. The highest BCUT2D eigenvalue weighted by atomic mass is 32.2. The molecule has 0 bridgehead atoms. The Hall–Kier alpha value is -2.41. The number of hydrogen-bond donors (Lipinski definition) is 1. The third-order valence-electron chi connectivity index (χ3n) is 3.48. The molecule has 3 nitrogen and oxygen atoms in total. The maximum atomic E-state index is 13.1. The molecule has 1 N–H and O–H groups in total. The fourth-order valence-electron chi connectivity index (χ4n) is 2.28. The first-order valence-corrected chi connectivity index (χ1v) is 8.22. The lowest BCUT2D eigenvalue weighted by Crippen LogP contribution is -2.07. The molecule has 0 saturated carbocycles. The van der Waals surface area contributed by atoms with Gasteiger partial charge in [-0.1, -0.05) is 0 Å². The molecule has 7 heteroatoms. The number of aromatic nitrogens is 2. The number of benzene rings is 2. The molecule has 24 heavy (non-hydrogen) atoms. The lowest BCUT2D eigenvalue weighted by molar-refractivity contribution is -0.141. The van der Waals surface area contributed by atoms with Crippen LogP contribution < -0.4 is 0 Å². The largest absolute Gasteiger partial charge is 0.508 e. The highest BCUT2D eigenvalue weighted by Gasteiger charge is 2.35. The molecule has 1 aromatic heterocycles. The van der Waals surface area contributed by atoms with Crippen molar-refractivity contribution in [2.75, 3.05) is 6.26 Å². The van der Waals surface area contributed by atoms with Crippen molar-refractivity contribution in [3.8, 4) is 22.7 Å². The number of thioether (sulfide) groups is 1. The molecular weight excluding hydrogens is 337 g/mol. The van der Waals surface area contributed by atoms with Gasteiger partial charge in [-0.2, -0.15) is 18.3 Å². The number of phenolic OH excluding ortho intramolecular Hbond substituents is 1. The first-order chi connectivity index (χ1) is 11.4. The van der Waals surface area contributed by atoms with Gasteiger partial charge in [0.25, 0.3) is 0 Å². The van der Waals surface area contributed by atoms with Gasteiger partial charge in [0.05, 0.1) is 11.4 Å². The average Bonchev–Trinajstić information content (AvgIpc) is 3.01. The van der Waals surface area contributed by atoms with Gasteiger partial charge in [0.1, 0.15) is 5.75 Å². The van der Waals surface area contributed by atoms with E-state index in [9.17, 15) is 18.3 Å². The molecule has 0 radical (unpaired) electrons. The molecule has 0 aliphatic carbocycles. The Morgan fingerprint density at radius 2 is 1.62 bits per heavy atom. The van der Waals surface area contributed by atoms with Crippen molar-refractivity contribution in [2.24, 2.45) is 0 Å².